The predicted octanol–water partition coefficient (Wildman–Crippen LogP) is 5.81. The smallest absolute Gasteiger partial charge is 0.226 e. The standard InChI is InChI=1S/C19H26N2OS/c1-3-4-5-6-7-11-14-17(22)20-19-21-18(15(2)23-19)16-12-9-8-10-13-16/h8-10,12-13H,3-7,11,14H2,1-2H3,(H,20,21,22). The summed E-state index contributed by atoms with van der Waals surface area (Å²) >= 11 is 1.54. The lowest BCUT2D eigenvalue weighted by molar-refractivity contribution is -0.116. The highest BCUT2D eigenvalue weighted by Gasteiger charge is 2.11. The van der Waals surface area contributed by atoms with Crippen molar-refractivity contribution in [3.8, 4) is 11.3 Å². The van der Waals surface area contributed by atoms with Crippen LogP contribution in [0.5, 0.6) is 0 Å². The predicted molar refractivity (Wildman–Crippen MR) is 98.9 cm³/mol. The molecule has 23 heavy (non-hydrogen) atoms. The van der Waals surface area contributed by atoms with Crippen molar-refractivity contribution in [1.29, 1.82) is 0 Å². The van der Waals surface area contributed by atoms with Gasteiger partial charge in [-0.25, -0.2) is 4.98 Å². The van der Waals surface area contributed by atoms with E-state index in [2.05, 4.69) is 17.2 Å². The maximum Gasteiger partial charge on any atom is 0.226 e. The van der Waals surface area contributed by atoms with Gasteiger partial charge in [0.25, 0.3) is 0 Å². The molecule has 0 fully saturated rings. The van der Waals surface area contributed by atoms with Crippen LogP contribution in [0.1, 0.15) is 56.7 Å². The number of unbranched alkanes of at least 4 members (excludes halogenated alkanes) is 5. The summed E-state index contributed by atoms with van der Waals surface area (Å²) in [5.74, 6) is 0.0776. The molecule has 1 aromatic heterocycles. The van der Waals surface area contributed by atoms with E-state index in [0.717, 1.165) is 29.0 Å². The monoisotopic (exact) mass is 330 g/mol. The van der Waals surface area contributed by atoms with E-state index >= 15 is 0 Å². The van der Waals surface area contributed by atoms with Crippen molar-refractivity contribution in [2.75, 3.05) is 5.32 Å². The van der Waals surface area contributed by atoms with E-state index in [1.54, 1.807) is 11.3 Å². The average molecular weight is 330 g/mol. The quantitative estimate of drug-likeness (QED) is 0.590. The van der Waals surface area contributed by atoms with Crippen LogP contribution in [0, 0.1) is 6.92 Å². The Morgan fingerprint density at radius 2 is 1.78 bits per heavy atom. The van der Waals surface area contributed by atoms with Crippen LogP contribution in [0.3, 0.4) is 0 Å². The molecule has 0 radical (unpaired) electrons. The molecule has 4 heteroatoms. The van der Waals surface area contributed by atoms with Crippen LogP contribution in [-0.2, 0) is 4.79 Å². The van der Waals surface area contributed by atoms with E-state index in [9.17, 15) is 4.79 Å². The van der Waals surface area contributed by atoms with Gasteiger partial charge >= 0.3 is 0 Å². The van der Waals surface area contributed by atoms with E-state index in [4.69, 9.17) is 0 Å². The third kappa shape index (κ3) is 5.79. The molecular weight excluding hydrogens is 304 g/mol. The highest BCUT2D eigenvalue weighted by molar-refractivity contribution is 7.16. The Balaban J connectivity index is 1.81. The summed E-state index contributed by atoms with van der Waals surface area (Å²) in [6, 6.07) is 10.1. The number of benzene rings is 1. The molecule has 0 aliphatic heterocycles. The fraction of sp³-hybridized carbons (Fsp3) is 0.474. The van der Waals surface area contributed by atoms with Gasteiger partial charge in [0.15, 0.2) is 5.13 Å². The number of carbonyl (C=O) groups excluding carboxylic acids is 1. The Kier molecular flexibility index (Phi) is 7.27. The van der Waals surface area contributed by atoms with Crippen LogP contribution in [0.2, 0.25) is 0 Å². The van der Waals surface area contributed by atoms with Gasteiger partial charge in [-0.1, -0.05) is 69.4 Å². The first-order chi connectivity index (χ1) is 11.2. The minimum absolute atomic E-state index is 0.0776. The van der Waals surface area contributed by atoms with Gasteiger partial charge in [-0.2, -0.15) is 0 Å². The highest BCUT2D eigenvalue weighted by Crippen LogP contribution is 2.30. The van der Waals surface area contributed by atoms with Gasteiger partial charge in [0, 0.05) is 16.9 Å². The Labute approximate surface area is 143 Å². The first-order valence-corrected chi connectivity index (χ1v) is 9.35. The first-order valence-electron chi connectivity index (χ1n) is 8.53. The second kappa shape index (κ2) is 9.46. The van der Waals surface area contributed by atoms with E-state index in [0.29, 0.717) is 11.6 Å². The number of hydrogen-bond acceptors (Lipinski definition) is 3. The average Bonchev–Trinajstić information content (AvgIpc) is 2.92. The lowest BCUT2D eigenvalue weighted by Gasteiger charge is -2.02. The molecule has 0 saturated heterocycles. The molecule has 0 saturated carbocycles. The SMILES string of the molecule is CCCCCCCCC(=O)Nc1nc(-c2ccccc2)c(C)s1. The number of amides is 1. The van der Waals surface area contributed by atoms with Crippen LogP contribution in [-0.4, -0.2) is 10.9 Å². The van der Waals surface area contributed by atoms with Crippen molar-refractivity contribution in [3.63, 3.8) is 0 Å². The Morgan fingerprint density at radius 3 is 2.52 bits per heavy atom. The number of anilines is 1. The largest absolute Gasteiger partial charge is 0.302 e. The molecule has 0 bridgehead atoms. The maximum absolute atomic E-state index is 12.0. The highest BCUT2D eigenvalue weighted by atomic mass is 32.1. The number of rotatable bonds is 9. The molecule has 3 nitrogen and oxygen atoms in total. The summed E-state index contributed by atoms with van der Waals surface area (Å²) in [5, 5.41) is 3.65. The zero-order valence-electron chi connectivity index (χ0n) is 14.1. The first kappa shape index (κ1) is 17.7. The van der Waals surface area contributed by atoms with E-state index < -0.39 is 0 Å². The van der Waals surface area contributed by atoms with Crippen molar-refractivity contribution >= 4 is 22.4 Å². The Hall–Kier alpha value is -1.68. The van der Waals surface area contributed by atoms with Gasteiger partial charge in [-0.05, 0) is 13.3 Å². The number of carbonyl (C=O) groups is 1. The fourth-order valence-electron chi connectivity index (χ4n) is 2.56. The van der Waals surface area contributed by atoms with Gasteiger partial charge in [0.1, 0.15) is 0 Å². The molecule has 0 atom stereocenters. The summed E-state index contributed by atoms with van der Waals surface area (Å²) < 4.78 is 0. The fourth-order valence-corrected chi connectivity index (χ4v) is 3.41. The summed E-state index contributed by atoms with van der Waals surface area (Å²) in [7, 11) is 0. The normalized spacial score (nSPS) is 10.7. The number of hydrogen-bond donors (Lipinski definition) is 1. The molecular formula is C19H26N2OS. The minimum Gasteiger partial charge on any atom is -0.302 e. The van der Waals surface area contributed by atoms with Crippen LogP contribution in [0.4, 0.5) is 5.13 Å². The molecule has 1 heterocycles. The van der Waals surface area contributed by atoms with Crippen molar-refractivity contribution in [3.05, 3.63) is 35.2 Å². The third-order valence-corrected chi connectivity index (χ3v) is 4.73. The van der Waals surface area contributed by atoms with Crippen LogP contribution in [0.25, 0.3) is 11.3 Å². The van der Waals surface area contributed by atoms with Gasteiger partial charge in [-0.3, -0.25) is 4.79 Å². The van der Waals surface area contributed by atoms with Crippen molar-refractivity contribution < 1.29 is 4.79 Å². The summed E-state index contributed by atoms with van der Waals surface area (Å²) in [6.07, 6.45) is 7.76. The number of aromatic nitrogens is 1. The molecule has 124 valence electrons. The number of nitrogens with zero attached hydrogens (tertiary/aromatic N) is 1. The summed E-state index contributed by atoms with van der Waals surface area (Å²) in [5.41, 5.74) is 2.06. The van der Waals surface area contributed by atoms with Crippen molar-refractivity contribution in [2.45, 2.75) is 58.8 Å². The molecule has 1 N–H and O–H groups in total. The van der Waals surface area contributed by atoms with Gasteiger partial charge < -0.3 is 5.32 Å². The van der Waals surface area contributed by atoms with Gasteiger partial charge in [0.2, 0.25) is 5.91 Å². The third-order valence-electron chi connectivity index (χ3n) is 3.85. The van der Waals surface area contributed by atoms with Crippen molar-refractivity contribution in [2.24, 2.45) is 0 Å². The zero-order chi connectivity index (χ0) is 16.5. The second-order valence-electron chi connectivity index (χ2n) is 5.86. The topological polar surface area (TPSA) is 42.0 Å². The van der Waals surface area contributed by atoms with Gasteiger partial charge in [-0.15, -0.1) is 11.3 Å². The second-order valence-corrected chi connectivity index (χ2v) is 7.06. The zero-order valence-corrected chi connectivity index (χ0v) is 14.9. The molecule has 0 unspecified atom stereocenters. The van der Waals surface area contributed by atoms with E-state index in [1.807, 2.05) is 37.3 Å². The van der Waals surface area contributed by atoms with Crippen LogP contribution in [0.15, 0.2) is 30.3 Å². The number of thiazole rings is 1. The summed E-state index contributed by atoms with van der Waals surface area (Å²) in [6.45, 7) is 4.26. The van der Waals surface area contributed by atoms with E-state index in [1.165, 1.54) is 25.7 Å². The lowest BCUT2D eigenvalue weighted by atomic mass is 10.1. The Bertz CT molecular complexity index is 607. The maximum atomic E-state index is 12.0. The molecule has 0 aliphatic rings. The van der Waals surface area contributed by atoms with Crippen LogP contribution < -0.4 is 5.32 Å². The molecule has 0 spiro atoms. The van der Waals surface area contributed by atoms with E-state index in [-0.39, 0.29) is 5.91 Å². The van der Waals surface area contributed by atoms with Crippen LogP contribution >= 0.6 is 11.3 Å². The lowest BCUT2D eigenvalue weighted by Crippen LogP contribution is -2.10. The summed E-state index contributed by atoms with van der Waals surface area (Å²) in [4.78, 5) is 17.7. The van der Waals surface area contributed by atoms with Crippen molar-refractivity contribution in [1.82, 2.24) is 4.98 Å². The number of nitrogens with one attached hydrogen (secondary N) is 1. The van der Waals surface area contributed by atoms with Gasteiger partial charge in [0.05, 0.1) is 5.69 Å². The Morgan fingerprint density at radius 1 is 1.09 bits per heavy atom. The molecule has 1 aromatic carbocycles. The molecule has 2 rings (SSSR count). The molecule has 0 aliphatic carbocycles. The molecule has 1 amide bonds. The molecule has 2 aromatic rings. The number of aryl methyl sites for hydroxylation is 1. The minimum atomic E-state index is 0.0776.